The minimum Gasteiger partial charge on any atom is -0.368 e. The van der Waals surface area contributed by atoms with Crippen molar-refractivity contribution in [1.82, 2.24) is 10.3 Å². The molecule has 1 saturated carbocycles. The van der Waals surface area contributed by atoms with Crippen molar-refractivity contribution >= 4 is 35.1 Å². The van der Waals surface area contributed by atoms with Crippen LogP contribution in [0.25, 0.3) is 4.85 Å². The summed E-state index contributed by atoms with van der Waals surface area (Å²) in [5.41, 5.74) is 13.0. The van der Waals surface area contributed by atoms with E-state index in [-0.39, 0.29) is 17.9 Å². The molecule has 4 rings (SSSR count). The fourth-order valence-corrected chi connectivity index (χ4v) is 5.53. The molecule has 9 nitrogen and oxygen atoms in total. The maximum absolute atomic E-state index is 12.4. The summed E-state index contributed by atoms with van der Waals surface area (Å²) in [6.45, 7) is 12.5. The molecule has 0 spiro atoms. The number of nitrogens with two attached hydrogens (primary N) is 2. The Balaban J connectivity index is 1.68. The van der Waals surface area contributed by atoms with Gasteiger partial charge in [-0.3, -0.25) is 9.59 Å². The van der Waals surface area contributed by atoms with Crippen LogP contribution < -0.4 is 21.7 Å². The zero-order chi connectivity index (χ0) is 26.7. The molecule has 2 amide bonds. The quantitative estimate of drug-likeness (QED) is 0.359. The second kappa shape index (κ2) is 10.8. The Hall–Kier alpha value is -3.60. The molecule has 1 unspecified atom stereocenters. The first-order chi connectivity index (χ1) is 17.6. The number of nitrogens with one attached hydrogen (secondary N) is 1. The average Bonchev–Trinajstić information content (AvgIpc) is 3.72. The Morgan fingerprint density at radius 2 is 1.89 bits per heavy atom. The first-order valence-corrected chi connectivity index (χ1v) is 13.2. The fraction of sp³-hybridized carbons (Fsp3) is 0.444. The van der Waals surface area contributed by atoms with Gasteiger partial charge in [-0.1, -0.05) is 42.1 Å². The highest BCUT2D eigenvalue weighted by Gasteiger charge is 2.36. The average molecular weight is 518 g/mol. The highest BCUT2D eigenvalue weighted by molar-refractivity contribution is 8.00. The number of carbonyl (C=O) groups excluding carboxylic acids is 2. The van der Waals surface area contributed by atoms with Crippen LogP contribution in [-0.2, 0) is 9.59 Å². The number of benzene rings is 1. The van der Waals surface area contributed by atoms with Crippen LogP contribution in [-0.4, -0.2) is 41.5 Å². The monoisotopic (exact) mass is 517 g/mol. The van der Waals surface area contributed by atoms with E-state index in [1.165, 1.54) is 0 Å². The number of aromatic nitrogens is 1. The van der Waals surface area contributed by atoms with Crippen molar-refractivity contribution < 1.29 is 9.59 Å². The molecule has 1 atom stereocenters. The number of thioether (sulfide) groups is 1. The van der Waals surface area contributed by atoms with Gasteiger partial charge in [0.2, 0.25) is 17.5 Å². The largest absolute Gasteiger partial charge is 0.368 e. The van der Waals surface area contributed by atoms with Gasteiger partial charge >= 0.3 is 0 Å². The fourth-order valence-electron chi connectivity index (χ4n) is 4.49. The van der Waals surface area contributed by atoms with Gasteiger partial charge in [-0.2, -0.15) is 5.26 Å². The number of piperidine rings is 1. The van der Waals surface area contributed by atoms with E-state index >= 15 is 0 Å². The van der Waals surface area contributed by atoms with Crippen molar-refractivity contribution in [1.29, 1.82) is 5.26 Å². The van der Waals surface area contributed by atoms with Crippen molar-refractivity contribution in [3.8, 4) is 6.07 Å². The molecule has 192 valence electrons. The predicted molar refractivity (Wildman–Crippen MR) is 143 cm³/mol. The van der Waals surface area contributed by atoms with Crippen molar-refractivity contribution in [3.63, 3.8) is 0 Å². The van der Waals surface area contributed by atoms with Crippen LogP contribution in [0.3, 0.4) is 0 Å². The molecule has 5 N–H and O–H groups in total. The summed E-state index contributed by atoms with van der Waals surface area (Å²) in [6.07, 6.45) is 3.17. The number of nitrogens with zero attached hydrogens (tertiary/aromatic N) is 4. The lowest BCUT2D eigenvalue weighted by molar-refractivity contribution is -0.126. The first-order valence-electron chi connectivity index (χ1n) is 12.3. The normalized spacial score (nSPS) is 16.9. The second-order valence-corrected chi connectivity index (χ2v) is 11.2. The minimum absolute atomic E-state index is 0.0181. The maximum Gasteiger partial charge on any atom is 0.239 e. The van der Waals surface area contributed by atoms with Crippen LogP contribution in [0.15, 0.2) is 35.4 Å². The Labute approximate surface area is 221 Å². The van der Waals surface area contributed by atoms with Gasteiger partial charge in [-0.05, 0) is 56.6 Å². The second-order valence-electron chi connectivity index (χ2n) is 10.1. The highest BCUT2D eigenvalue weighted by atomic mass is 32.2. The molecular formula is C27H31N7O2S. The SMILES string of the molecule is [C-]#[N+]c1c(N2CCC(NC(=O)C(C)(C)N)CC2)nc(SC(C(N)=O)c2ccccc2)c(C#N)c1C1CC1. The molecule has 10 heteroatoms. The highest BCUT2D eigenvalue weighted by Crippen LogP contribution is 2.51. The van der Waals surface area contributed by atoms with Gasteiger partial charge in [-0.15, -0.1) is 0 Å². The molecule has 2 fully saturated rings. The number of pyridine rings is 1. The summed E-state index contributed by atoms with van der Waals surface area (Å²) >= 11 is 1.16. The summed E-state index contributed by atoms with van der Waals surface area (Å²) in [5, 5.41) is 12.8. The van der Waals surface area contributed by atoms with Crippen LogP contribution in [0.4, 0.5) is 11.5 Å². The number of hydrogen-bond acceptors (Lipinski definition) is 7. The number of carbonyl (C=O) groups is 2. The van der Waals surface area contributed by atoms with Crippen molar-refractivity contribution in [2.75, 3.05) is 18.0 Å². The standard InChI is InChI=1S/C27H31N7O2S/c1-27(2,30)26(36)32-18-11-13-34(14-12-18)24-21(31-3)20(16-9-10-16)19(15-28)25(33-24)37-22(23(29)35)17-7-5-4-6-8-17/h4-8,16,18,22H,9-14,30H2,1-2H3,(H2,29,35)(H,32,36). The van der Waals surface area contributed by atoms with Crippen molar-refractivity contribution in [2.24, 2.45) is 11.5 Å². The van der Waals surface area contributed by atoms with Crippen LogP contribution >= 0.6 is 11.8 Å². The van der Waals surface area contributed by atoms with Crippen LogP contribution in [0.1, 0.15) is 67.4 Å². The predicted octanol–water partition coefficient (Wildman–Crippen LogP) is 3.52. The van der Waals surface area contributed by atoms with Gasteiger partial charge in [0, 0.05) is 19.1 Å². The number of amides is 2. The number of rotatable bonds is 8. The van der Waals surface area contributed by atoms with Gasteiger partial charge in [0.25, 0.3) is 0 Å². The van der Waals surface area contributed by atoms with Crippen molar-refractivity contribution in [2.45, 2.75) is 67.3 Å². The van der Waals surface area contributed by atoms with Crippen LogP contribution in [0, 0.1) is 17.9 Å². The summed E-state index contributed by atoms with van der Waals surface area (Å²) in [6, 6.07) is 11.4. The van der Waals surface area contributed by atoms with Crippen molar-refractivity contribution in [3.05, 3.63) is 58.4 Å². The van der Waals surface area contributed by atoms with Gasteiger partial charge in [0.1, 0.15) is 22.2 Å². The molecular weight excluding hydrogens is 486 g/mol. The minimum atomic E-state index is -0.954. The third kappa shape index (κ3) is 5.87. The molecule has 1 aromatic heterocycles. The third-order valence-electron chi connectivity index (χ3n) is 6.67. The van der Waals surface area contributed by atoms with Crippen LogP contribution in [0.2, 0.25) is 0 Å². The molecule has 2 heterocycles. The van der Waals surface area contributed by atoms with E-state index in [1.54, 1.807) is 13.8 Å². The molecule has 2 aromatic rings. The zero-order valence-electron chi connectivity index (χ0n) is 21.0. The number of nitriles is 1. The molecule has 0 radical (unpaired) electrons. The molecule has 2 aliphatic rings. The van der Waals surface area contributed by atoms with E-state index in [9.17, 15) is 14.9 Å². The lowest BCUT2D eigenvalue weighted by Gasteiger charge is -2.35. The van der Waals surface area contributed by atoms with E-state index < -0.39 is 16.7 Å². The summed E-state index contributed by atoms with van der Waals surface area (Å²) in [5.74, 6) is -0.0618. The lowest BCUT2D eigenvalue weighted by atomic mass is 10.00. The number of anilines is 1. The number of primary amides is 1. The smallest absolute Gasteiger partial charge is 0.239 e. The zero-order valence-corrected chi connectivity index (χ0v) is 21.8. The molecule has 1 aliphatic heterocycles. The Kier molecular flexibility index (Phi) is 7.72. The molecule has 1 aromatic carbocycles. The van der Waals surface area contributed by atoms with Gasteiger partial charge in [-0.25, -0.2) is 9.83 Å². The third-order valence-corrected chi connectivity index (χ3v) is 7.93. The van der Waals surface area contributed by atoms with E-state index in [0.717, 1.165) is 35.7 Å². The van der Waals surface area contributed by atoms with E-state index in [1.807, 2.05) is 35.2 Å². The lowest BCUT2D eigenvalue weighted by Crippen LogP contribution is -2.54. The van der Waals surface area contributed by atoms with Gasteiger partial charge in [0.05, 0.1) is 17.7 Å². The van der Waals surface area contributed by atoms with E-state index in [0.29, 0.717) is 48.0 Å². The van der Waals surface area contributed by atoms with E-state index in [4.69, 9.17) is 23.0 Å². The summed E-state index contributed by atoms with van der Waals surface area (Å²) < 4.78 is 0. The molecule has 1 aliphatic carbocycles. The maximum atomic E-state index is 12.4. The Morgan fingerprint density at radius 1 is 1.24 bits per heavy atom. The molecule has 0 bridgehead atoms. The topological polar surface area (TPSA) is 142 Å². The summed E-state index contributed by atoms with van der Waals surface area (Å²) in [7, 11) is 0. The molecule has 1 saturated heterocycles. The number of hydrogen-bond donors (Lipinski definition) is 3. The van der Waals surface area contributed by atoms with Crippen LogP contribution in [0.5, 0.6) is 0 Å². The summed E-state index contributed by atoms with van der Waals surface area (Å²) in [4.78, 5) is 35.5. The molecule has 37 heavy (non-hydrogen) atoms. The Bertz CT molecular complexity index is 1260. The van der Waals surface area contributed by atoms with Gasteiger partial charge in [0.15, 0.2) is 0 Å². The van der Waals surface area contributed by atoms with Gasteiger partial charge < -0.3 is 21.7 Å². The first kappa shape index (κ1) is 26.5. The Morgan fingerprint density at radius 3 is 2.41 bits per heavy atom. The van der Waals surface area contributed by atoms with E-state index in [2.05, 4.69) is 16.2 Å².